The quantitative estimate of drug-likeness (QED) is 0.246. The van der Waals surface area contributed by atoms with Crippen molar-refractivity contribution >= 4 is 33.2 Å². The highest BCUT2D eigenvalue weighted by Crippen LogP contribution is 2.34. The predicted octanol–water partition coefficient (Wildman–Crippen LogP) is 4.82. The number of hydrogen-bond acceptors (Lipinski definition) is 6. The summed E-state index contributed by atoms with van der Waals surface area (Å²) in [6, 6.07) is 27.3. The molecule has 0 bridgehead atoms. The zero-order valence-electron chi connectivity index (χ0n) is 23.7. The molecule has 0 saturated carbocycles. The molecule has 0 aromatic heterocycles. The van der Waals surface area contributed by atoms with E-state index < -0.39 is 22.5 Å². The number of ether oxygens (including phenoxy) is 2. The van der Waals surface area contributed by atoms with Crippen molar-refractivity contribution in [2.75, 3.05) is 36.9 Å². The standard InChI is InChI=1S/C32H33N3O6S/c1-23-13-16-26(17-14-23)42(38,39)35(25-15-18-29(40-2)30(21-25)41-3)22-31(36)34-28-12-8-7-11-27(28)32(37)33-20-19-24-9-5-4-6-10-24/h4-18,21H,19-20,22H2,1-3H3,(H,33,37)(H,34,36). The van der Waals surface area contributed by atoms with Gasteiger partial charge in [-0.3, -0.25) is 13.9 Å². The lowest BCUT2D eigenvalue weighted by atomic mass is 10.1. The minimum absolute atomic E-state index is 0.0221. The number of carbonyl (C=O) groups is 2. The number of hydrogen-bond donors (Lipinski definition) is 2. The Bertz CT molecular complexity index is 1640. The molecule has 0 aliphatic heterocycles. The van der Waals surface area contributed by atoms with Gasteiger partial charge in [-0.25, -0.2) is 8.42 Å². The first-order chi connectivity index (χ1) is 20.2. The van der Waals surface area contributed by atoms with Crippen LogP contribution >= 0.6 is 0 Å². The summed E-state index contributed by atoms with van der Waals surface area (Å²) < 4.78 is 39.3. The van der Waals surface area contributed by atoms with Gasteiger partial charge in [0.25, 0.3) is 15.9 Å². The number of nitrogens with zero attached hydrogens (tertiary/aromatic N) is 1. The van der Waals surface area contributed by atoms with Crippen LogP contribution in [-0.4, -0.2) is 47.5 Å². The van der Waals surface area contributed by atoms with E-state index in [0.29, 0.717) is 24.5 Å². The van der Waals surface area contributed by atoms with Crippen LogP contribution in [0.2, 0.25) is 0 Å². The normalized spacial score (nSPS) is 10.9. The summed E-state index contributed by atoms with van der Waals surface area (Å²) in [4.78, 5) is 26.4. The van der Waals surface area contributed by atoms with Crippen LogP contribution < -0.4 is 24.4 Å². The number of benzene rings is 4. The number of nitrogens with one attached hydrogen (secondary N) is 2. The molecule has 0 heterocycles. The van der Waals surface area contributed by atoms with Crippen molar-refractivity contribution < 1.29 is 27.5 Å². The zero-order chi connectivity index (χ0) is 30.1. The van der Waals surface area contributed by atoms with Crippen molar-refractivity contribution in [3.63, 3.8) is 0 Å². The lowest BCUT2D eigenvalue weighted by Gasteiger charge is -2.25. The zero-order valence-corrected chi connectivity index (χ0v) is 24.5. The maximum atomic E-state index is 13.8. The summed E-state index contributed by atoms with van der Waals surface area (Å²) in [7, 11) is -1.26. The molecule has 4 aromatic rings. The monoisotopic (exact) mass is 587 g/mol. The molecule has 0 spiro atoms. The molecule has 0 saturated heterocycles. The van der Waals surface area contributed by atoms with Gasteiger partial charge in [-0.05, 0) is 55.3 Å². The van der Waals surface area contributed by atoms with Gasteiger partial charge in [0.2, 0.25) is 5.91 Å². The number of methoxy groups -OCH3 is 2. The third-order valence-electron chi connectivity index (χ3n) is 6.54. The smallest absolute Gasteiger partial charge is 0.264 e. The van der Waals surface area contributed by atoms with E-state index in [1.807, 2.05) is 37.3 Å². The topological polar surface area (TPSA) is 114 Å². The highest BCUT2D eigenvalue weighted by molar-refractivity contribution is 7.92. The van der Waals surface area contributed by atoms with Crippen LogP contribution in [0.1, 0.15) is 21.5 Å². The maximum Gasteiger partial charge on any atom is 0.264 e. The molecule has 0 radical (unpaired) electrons. The highest BCUT2D eigenvalue weighted by atomic mass is 32.2. The number of para-hydroxylation sites is 1. The molecular formula is C32H33N3O6S. The van der Waals surface area contributed by atoms with Crippen LogP contribution in [0.25, 0.3) is 0 Å². The SMILES string of the molecule is COc1ccc(N(CC(=O)Nc2ccccc2C(=O)NCCc2ccccc2)S(=O)(=O)c2ccc(C)cc2)cc1OC. The van der Waals surface area contributed by atoms with Crippen molar-refractivity contribution in [2.45, 2.75) is 18.2 Å². The third kappa shape index (κ3) is 7.27. The van der Waals surface area contributed by atoms with Crippen molar-refractivity contribution in [3.05, 3.63) is 114 Å². The number of amides is 2. The van der Waals surface area contributed by atoms with Gasteiger partial charge in [0.15, 0.2) is 11.5 Å². The summed E-state index contributed by atoms with van der Waals surface area (Å²) in [5, 5.41) is 5.60. The van der Waals surface area contributed by atoms with E-state index in [-0.39, 0.29) is 27.7 Å². The summed E-state index contributed by atoms with van der Waals surface area (Å²) in [5.74, 6) is -0.279. The lowest BCUT2D eigenvalue weighted by Crippen LogP contribution is -2.38. The van der Waals surface area contributed by atoms with E-state index >= 15 is 0 Å². The van der Waals surface area contributed by atoms with Crippen molar-refractivity contribution in [2.24, 2.45) is 0 Å². The average Bonchev–Trinajstić information content (AvgIpc) is 3.00. The van der Waals surface area contributed by atoms with E-state index in [2.05, 4.69) is 10.6 Å². The summed E-state index contributed by atoms with van der Waals surface area (Å²) in [5.41, 5.74) is 2.71. The Morgan fingerprint density at radius 3 is 2.17 bits per heavy atom. The Morgan fingerprint density at radius 1 is 0.810 bits per heavy atom. The van der Waals surface area contributed by atoms with Crippen LogP contribution in [-0.2, 0) is 21.2 Å². The van der Waals surface area contributed by atoms with Gasteiger partial charge in [0.05, 0.1) is 36.1 Å². The first-order valence-corrected chi connectivity index (χ1v) is 14.7. The second-order valence-corrected chi connectivity index (χ2v) is 11.3. The Morgan fingerprint density at radius 2 is 1.48 bits per heavy atom. The second kappa shape index (κ2) is 13.7. The van der Waals surface area contributed by atoms with Gasteiger partial charge in [-0.1, -0.05) is 60.2 Å². The van der Waals surface area contributed by atoms with E-state index in [1.54, 1.807) is 42.5 Å². The molecule has 2 N–H and O–H groups in total. The highest BCUT2D eigenvalue weighted by Gasteiger charge is 2.28. The van der Waals surface area contributed by atoms with Gasteiger partial charge < -0.3 is 20.1 Å². The van der Waals surface area contributed by atoms with E-state index in [9.17, 15) is 18.0 Å². The largest absolute Gasteiger partial charge is 0.493 e. The second-order valence-electron chi connectivity index (χ2n) is 9.45. The first kappa shape index (κ1) is 30.1. The molecule has 2 amide bonds. The Labute approximate surface area is 246 Å². The van der Waals surface area contributed by atoms with Crippen LogP contribution in [0.4, 0.5) is 11.4 Å². The molecule has 42 heavy (non-hydrogen) atoms. The van der Waals surface area contributed by atoms with Gasteiger partial charge in [-0.2, -0.15) is 0 Å². The van der Waals surface area contributed by atoms with Gasteiger partial charge >= 0.3 is 0 Å². The Kier molecular flexibility index (Phi) is 9.82. The molecule has 4 rings (SSSR count). The molecule has 9 nitrogen and oxygen atoms in total. The van der Waals surface area contributed by atoms with Gasteiger partial charge in [-0.15, -0.1) is 0 Å². The maximum absolute atomic E-state index is 13.8. The average molecular weight is 588 g/mol. The fourth-order valence-corrected chi connectivity index (χ4v) is 5.72. The summed E-state index contributed by atoms with van der Waals surface area (Å²) in [6.07, 6.45) is 0.651. The van der Waals surface area contributed by atoms with Gasteiger partial charge in [0, 0.05) is 12.6 Å². The molecule has 0 aliphatic rings. The molecule has 0 atom stereocenters. The summed E-state index contributed by atoms with van der Waals surface area (Å²) in [6.45, 7) is 1.70. The van der Waals surface area contributed by atoms with Crippen LogP contribution in [0.15, 0.2) is 102 Å². The minimum Gasteiger partial charge on any atom is -0.493 e. The fraction of sp³-hybridized carbons (Fsp3) is 0.188. The van der Waals surface area contributed by atoms with E-state index in [0.717, 1.165) is 15.4 Å². The van der Waals surface area contributed by atoms with E-state index in [1.165, 1.54) is 38.5 Å². The third-order valence-corrected chi connectivity index (χ3v) is 8.33. The molecular weight excluding hydrogens is 554 g/mol. The van der Waals surface area contributed by atoms with E-state index in [4.69, 9.17) is 9.47 Å². The Balaban J connectivity index is 1.57. The van der Waals surface area contributed by atoms with Crippen LogP contribution in [0.5, 0.6) is 11.5 Å². The minimum atomic E-state index is -4.17. The predicted molar refractivity (Wildman–Crippen MR) is 163 cm³/mol. The van der Waals surface area contributed by atoms with Crippen molar-refractivity contribution in [3.8, 4) is 11.5 Å². The van der Waals surface area contributed by atoms with Crippen molar-refractivity contribution in [1.29, 1.82) is 0 Å². The number of rotatable bonds is 12. The van der Waals surface area contributed by atoms with Gasteiger partial charge in [0.1, 0.15) is 6.54 Å². The Hall–Kier alpha value is -4.83. The molecule has 10 heteroatoms. The first-order valence-electron chi connectivity index (χ1n) is 13.3. The molecule has 4 aromatic carbocycles. The van der Waals surface area contributed by atoms with Crippen LogP contribution in [0.3, 0.4) is 0 Å². The molecule has 0 fully saturated rings. The number of carbonyl (C=O) groups excluding carboxylic acids is 2. The molecule has 0 unspecified atom stereocenters. The molecule has 218 valence electrons. The van der Waals surface area contributed by atoms with Crippen molar-refractivity contribution in [1.82, 2.24) is 5.32 Å². The number of sulfonamides is 1. The number of anilines is 2. The number of aryl methyl sites for hydroxylation is 1. The fourth-order valence-electron chi connectivity index (χ4n) is 4.30. The molecule has 0 aliphatic carbocycles. The summed E-state index contributed by atoms with van der Waals surface area (Å²) >= 11 is 0. The lowest BCUT2D eigenvalue weighted by molar-refractivity contribution is -0.114. The van der Waals surface area contributed by atoms with Crippen LogP contribution in [0, 0.1) is 6.92 Å².